The van der Waals surface area contributed by atoms with E-state index in [1.54, 1.807) is 35.6 Å². The van der Waals surface area contributed by atoms with Crippen LogP contribution in [0.4, 0.5) is 0 Å². The number of hydrogen-bond donors (Lipinski definition) is 1. The molecule has 1 N–H and O–H groups in total. The van der Waals surface area contributed by atoms with Crippen LogP contribution in [0.1, 0.15) is 38.0 Å². The Morgan fingerprint density at radius 2 is 1.70 bits per heavy atom. The molecule has 1 aromatic heterocycles. The largest absolute Gasteiger partial charge is 0.340 e. The van der Waals surface area contributed by atoms with Crippen LogP contribution < -0.4 is 5.32 Å². The molecule has 0 saturated carbocycles. The van der Waals surface area contributed by atoms with E-state index in [-0.39, 0.29) is 17.7 Å². The molecule has 6 heteroatoms. The zero-order chi connectivity index (χ0) is 19.4. The zero-order valence-electron chi connectivity index (χ0n) is 15.2. The number of carbonyl (C=O) groups excluding carboxylic acids is 1. The van der Waals surface area contributed by atoms with E-state index < -0.39 is 9.84 Å². The molecule has 0 spiro atoms. The molecule has 1 unspecified atom stereocenters. The predicted molar refractivity (Wildman–Crippen MR) is 110 cm³/mol. The van der Waals surface area contributed by atoms with Crippen molar-refractivity contribution in [2.45, 2.75) is 18.7 Å². The lowest BCUT2D eigenvalue weighted by Crippen LogP contribution is -2.28. The number of thiophene rings is 1. The summed E-state index contributed by atoms with van der Waals surface area (Å²) in [7, 11) is -3.10. The summed E-state index contributed by atoms with van der Waals surface area (Å²) in [5.41, 5.74) is 3.35. The van der Waals surface area contributed by atoms with Crippen LogP contribution >= 0.6 is 11.3 Å². The maximum absolute atomic E-state index is 12.8. The fourth-order valence-electron chi connectivity index (χ4n) is 2.80. The summed E-state index contributed by atoms with van der Waals surface area (Å²) in [5, 5.41) is 5.08. The summed E-state index contributed by atoms with van der Waals surface area (Å²) < 4.78 is 22.8. The fourth-order valence-corrected chi connectivity index (χ4v) is 4.40. The van der Waals surface area contributed by atoms with Gasteiger partial charge in [0, 0.05) is 16.7 Å². The Bertz CT molecular complexity index is 1010. The number of amides is 1. The Balaban J connectivity index is 1.81. The third-order valence-corrected chi connectivity index (χ3v) is 5.95. The molecule has 0 fully saturated rings. The summed E-state index contributed by atoms with van der Waals surface area (Å²) in [5.74, 6) is -0.226. The van der Waals surface area contributed by atoms with Crippen LogP contribution in [0.25, 0.3) is 0 Å². The van der Waals surface area contributed by atoms with Crippen molar-refractivity contribution >= 4 is 27.1 Å². The monoisotopic (exact) mass is 399 g/mol. The van der Waals surface area contributed by atoms with Crippen molar-refractivity contribution < 1.29 is 13.2 Å². The molecule has 2 aromatic carbocycles. The molecule has 4 nitrogen and oxygen atoms in total. The molecule has 1 amide bonds. The van der Waals surface area contributed by atoms with Crippen LogP contribution in [-0.2, 0) is 15.6 Å². The van der Waals surface area contributed by atoms with E-state index in [1.807, 2.05) is 48.7 Å². The average molecular weight is 400 g/mol. The third-order valence-electron chi connectivity index (χ3n) is 4.16. The number of rotatable bonds is 6. The molecule has 140 valence electrons. The Hall–Kier alpha value is -2.44. The molecule has 1 atom stereocenters. The summed E-state index contributed by atoms with van der Waals surface area (Å²) in [6, 6.07) is 18.5. The first-order valence-corrected chi connectivity index (χ1v) is 11.4. The van der Waals surface area contributed by atoms with E-state index in [1.165, 1.54) is 6.26 Å². The van der Waals surface area contributed by atoms with Crippen molar-refractivity contribution in [1.29, 1.82) is 0 Å². The first-order valence-electron chi connectivity index (χ1n) is 8.49. The molecule has 3 rings (SSSR count). The van der Waals surface area contributed by atoms with Gasteiger partial charge < -0.3 is 5.32 Å². The number of hydrogen-bond acceptors (Lipinski definition) is 4. The molecule has 0 bridgehead atoms. The summed E-state index contributed by atoms with van der Waals surface area (Å²) in [6.45, 7) is 2.03. The molecular formula is C21H21NO3S2. The molecule has 0 saturated heterocycles. The van der Waals surface area contributed by atoms with Gasteiger partial charge in [-0.3, -0.25) is 4.79 Å². The van der Waals surface area contributed by atoms with Gasteiger partial charge in [-0.15, -0.1) is 11.3 Å². The lowest BCUT2D eigenvalue weighted by atomic mass is 10.0. The van der Waals surface area contributed by atoms with Gasteiger partial charge in [-0.25, -0.2) is 8.42 Å². The molecule has 3 aromatic rings. The highest BCUT2D eigenvalue weighted by molar-refractivity contribution is 7.89. The SMILES string of the molecule is Cc1ccc(C(NC(=O)c2ccc(CS(C)(=O)=O)cc2)c2cccs2)cc1. The standard InChI is InChI=1S/C21H21NO3S2/c1-15-5-9-17(10-6-15)20(19-4-3-13-26-19)22-21(23)18-11-7-16(8-12-18)14-27(2,24)25/h3-13,20H,14H2,1-2H3,(H,22,23). The molecular weight excluding hydrogens is 378 g/mol. The number of nitrogens with one attached hydrogen (secondary N) is 1. The smallest absolute Gasteiger partial charge is 0.252 e. The highest BCUT2D eigenvalue weighted by Gasteiger charge is 2.19. The first-order chi connectivity index (χ1) is 12.8. The minimum atomic E-state index is -3.10. The average Bonchev–Trinajstić information content (AvgIpc) is 3.14. The summed E-state index contributed by atoms with van der Waals surface area (Å²) in [6.07, 6.45) is 1.20. The second-order valence-corrected chi connectivity index (χ2v) is 9.72. The van der Waals surface area contributed by atoms with Crippen LogP contribution in [0.3, 0.4) is 0 Å². The first kappa shape index (κ1) is 19.3. The molecule has 1 heterocycles. The van der Waals surface area contributed by atoms with E-state index in [2.05, 4.69) is 5.32 Å². The highest BCUT2D eigenvalue weighted by atomic mass is 32.2. The predicted octanol–water partition coefficient (Wildman–Crippen LogP) is 4.12. The van der Waals surface area contributed by atoms with Crippen LogP contribution in [-0.4, -0.2) is 20.6 Å². The second kappa shape index (κ2) is 8.06. The molecule has 0 aliphatic rings. The normalized spacial score (nSPS) is 12.5. The van der Waals surface area contributed by atoms with Gasteiger partial charge in [0.15, 0.2) is 9.84 Å². The Kier molecular flexibility index (Phi) is 5.77. The lowest BCUT2D eigenvalue weighted by Gasteiger charge is -2.18. The summed E-state index contributed by atoms with van der Waals surface area (Å²) in [4.78, 5) is 13.8. The minimum absolute atomic E-state index is 0.0317. The molecule has 0 radical (unpaired) electrons. The van der Waals surface area contributed by atoms with Crippen LogP contribution in [0.5, 0.6) is 0 Å². The number of carbonyl (C=O) groups is 1. The number of aryl methyl sites for hydroxylation is 1. The maximum atomic E-state index is 12.8. The van der Waals surface area contributed by atoms with Crippen molar-refractivity contribution in [2.75, 3.05) is 6.26 Å². The van der Waals surface area contributed by atoms with Gasteiger partial charge in [-0.05, 0) is 41.6 Å². The van der Waals surface area contributed by atoms with Crippen LogP contribution in [0.2, 0.25) is 0 Å². The van der Waals surface area contributed by atoms with Gasteiger partial charge in [-0.2, -0.15) is 0 Å². The highest BCUT2D eigenvalue weighted by Crippen LogP contribution is 2.26. The molecule has 27 heavy (non-hydrogen) atoms. The Labute approximate surface area is 163 Å². The molecule has 0 aliphatic heterocycles. The van der Waals surface area contributed by atoms with Crippen molar-refractivity contribution in [1.82, 2.24) is 5.32 Å². The van der Waals surface area contributed by atoms with Crippen molar-refractivity contribution in [3.63, 3.8) is 0 Å². The quantitative estimate of drug-likeness (QED) is 0.678. The topological polar surface area (TPSA) is 63.2 Å². The third kappa shape index (κ3) is 5.28. The van der Waals surface area contributed by atoms with E-state index in [0.29, 0.717) is 11.1 Å². The second-order valence-electron chi connectivity index (χ2n) is 6.60. The van der Waals surface area contributed by atoms with Crippen molar-refractivity contribution in [2.24, 2.45) is 0 Å². The van der Waals surface area contributed by atoms with Gasteiger partial charge in [0.25, 0.3) is 5.91 Å². The number of benzene rings is 2. The van der Waals surface area contributed by atoms with Gasteiger partial charge in [0.05, 0.1) is 11.8 Å². The van der Waals surface area contributed by atoms with E-state index in [9.17, 15) is 13.2 Å². The van der Waals surface area contributed by atoms with Crippen molar-refractivity contribution in [3.8, 4) is 0 Å². The van der Waals surface area contributed by atoms with Gasteiger partial charge >= 0.3 is 0 Å². The van der Waals surface area contributed by atoms with E-state index in [0.717, 1.165) is 16.0 Å². The Morgan fingerprint density at radius 1 is 1.04 bits per heavy atom. The van der Waals surface area contributed by atoms with Gasteiger partial charge in [0.2, 0.25) is 0 Å². The van der Waals surface area contributed by atoms with Crippen LogP contribution in [0.15, 0.2) is 66.0 Å². The zero-order valence-corrected chi connectivity index (χ0v) is 16.8. The van der Waals surface area contributed by atoms with Crippen LogP contribution in [0, 0.1) is 6.92 Å². The molecule has 0 aliphatic carbocycles. The maximum Gasteiger partial charge on any atom is 0.252 e. The van der Waals surface area contributed by atoms with Gasteiger partial charge in [0.1, 0.15) is 0 Å². The van der Waals surface area contributed by atoms with E-state index in [4.69, 9.17) is 0 Å². The van der Waals surface area contributed by atoms with Crippen molar-refractivity contribution in [3.05, 3.63) is 93.2 Å². The minimum Gasteiger partial charge on any atom is -0.340 e. The lowest BCUT2D eigenvalue weighted by molar-refractivity contribution is 0.0943. The number of sulfone groups is 1. The van der Waals surface area contributed by atoms with Gasteiger partial charge in [-0.1, -0.05) is 48.0 Å². The van der Waals surface area contributed by atoms with E-state index >= 15 is 0 Å². The summed E-state index contributed by atoms with van der Waals surface area (Å²) >= 11 is 1.59. The fraction of sp³-hybridized carbons (Fsp3) is 0.190. The Morgan fingerprint density at radius 3 is 2.26 bits per heavy atom.